The molecule has 1 fully saturated rings. The first-order valence-corrected chi connectivity index (χ1v) is 12.2. The fourth-order valence-corrected chi connectivity index (χ4v) is 5.39. The van der Waals surface area contributed by atoms with E-state index in [1.165, 1.54) is 24.5 Å². The Labute approximate surface area is 217 Å². The molecule has 7 nitrogen and oxygen atoms in total. The zero-order valence-corrected chi connectivity index (χ0v) is 20.7. The second kappa shape index (κ2) is 9.33. The summed E-state index contributed by atoms with van der Waals surface area (Å²) in [6, 6.07) is 11.2. The van der Waals surface area contributed by atoms with Gasteiger partial charge in [0.2, 0.25) is 5.60 Å². The fourth-order valence-electron chi connectivity index (χ4n) is 4.41. The van der Waals surface area contributed by atoms with Gasteiger partial charge >= 0.3 is 6.18 Å². The van der Waals surface area contributed by atoms with Crippen LogP contribution in [0.15, 0.2) is 66.1 Å². The monoisotopic (exact) mass is 549 g/mol. The molecule has 1 saturated heterocycles. The number of rotatable bonds is 7. The van der Waals surface area contributed by atoms with Crippen LogP contribution in [0.5, 0.6) is 5.75 Å². The van der Waals surface area contributed by atoms with Crippen molar-refractivity contribution in [1.29, 1.82) is 0 Å². The van der Waals surface area contributed by atoms with Crippen molar-refractivity contribution in [3.8, 4) is 5.75 Å². The molecule has 0 amide bonds. The molecule has 38 heavy (non-hydrogen) atoms. The minimum Gasteiger partial charge on any atom is -0.491 e. The first-order chi connectivity index (χ1) is 18.0. The standard InChI is InChI=1S/C25H20F5N5O2S/c1-14-7-8-15-18(33-14)5-3-6-19(15)35-24(34-35,16-9-10-17(26)21(37-2)20(16)27)23(36,25(28,29)30)13-38-22-31-11-4-12-32-22/h3-12,34,36H,13H2,1-2H3. The largest absolute Gasteiger partial charge is 0.491 e. The van der Waals surface area contributed by atoms with Crippen molar-refractivity contribution in [2.75, 3.05) is 17.9 Å². The van der Waals surface area contributed by atoms with Gasteiger partial charge in [0.05, 0.1) is 18.3 Å². The van der Waals surface area contributed by atoms with Gasteiger partial charge in [0.15, 0.2) is 28.2 Å². The van der Waals surface area contributed by atoms with Crippen LogP contribution in [-0.4, -0.2) is 44.7 Å². The van der Waals surface area contributed by atoms with Gasteiger partial charge in [-0.1, -0.05) is 17.8 Å². The molecule has 0 saturated carbocycles. The number of alkyl halides is 3. The van der Waals surface area contributed by atoms with Crippen molar-refractivity contribution in [2.24, 2.45) is 0 Å². The van der Waals surface area contributed by atoms with Gasteiger partial charge in [0, 0.05) is 34.8 Å². The van der Waals surface area contributed by atoms with Crippen LogP contribution in [0.4, 0.5) is 27.6 Å². The summed E-state index contributed by atoms with van der Waals surface area (Å²) in [4.78, 5) is 12.2. The molecule has 3 heterocycles. The third-order valence-electron chi connectivity index (χ3n) is 6.31. The molecule has 13 heteroatoms. The van der Waals surface area contributed by atoms with Gasteiger partial charge in [0.25, 0.3) is 0 Å². The van der Waals surface area contributed by atoms with Crippen molar-refractivity contribution in [1.82, 2.24) is 20.4 Å². The molecular formula is C25H20F5N5O2S. The number of anilines is 1. The van der Waals surface area contributed by atoms with E-state index in [1.54, 1.807) is 31.2 Å². The molecule has 1 aliphatic heterocycles. The number of aliphatic hydroxyl groups is 1. The summed E-state index contributed by atoms with van der Waals surface area (Å²) in [5.74, 6) is -4.40. The Morgan fingerprint density at radius 1 is 1.05 bits per heavy atom. The number of pyridine rings is 1. The number of thioether (sulfide) groups is 1. The van der Waals surface area contributed by atoms with E-state index in [9.17, 15) is 22.7 Å². The number of fused-ring (bicyclic) bond motifs is 1. The zero-order chi connectivity index (χ0) is 27.3. The number of ether oxygens (including phenoxy) is 1. The lowest BCUT2D eigenvalue weighted by atomic mass is 9.84. The van der Waals surface area contributed by atoms with Gasteiger partial charge in [-0.05, 0) is 49.4 Å². The summed E-state index contributed by atoms with van der Waals surface area (Å²) in [5, 5.41) is 13.0. The quantitative estimate of drug-likeness (QED) is 0.146. The molecule has 2 unspecified atom stereocenters. The van der Waals surface area contributed by atoms with Gasteiger partial charge in [0.1, 0.15) is 0 Å². The van der Waals surface area contributed by atoms with Crippen molar-refractivity contribution >= 4 is 28.4 Å². The minimum atomic E-state index is -5.30. The Kier molecular flexibility index (Phi) is 6.40. The summed E-state index contributed by atoms with van der Waals surface area (Å²) in [6.07, 6.45) is -2.62. The molecule has 0 radical (unpaired) electrons. The number of aryl methyl sites for hydroxylation is 1. The van der Waals surface area contributed by atoms with E-state index in [-0.39, 0.29) is 10.8 Å². The van der Waals surface area contributed by atoms with Crippen molar-refractivity contribution in [3.05, 3.63) is 83.8 Å². The lowest BCUT2D eigenvalue weighted by Crippen LogP contribution is -2.60. The van der Waals surface area contributed by atoms with Crippen LogP contribution in [0, 0.1) is 18.6 Å². The minimum absolute atomic E-state index is 0.0282. The van der Waals surface area contributed by atoms with Crippen molar-refractivity contribution in [2.45, 2.75) is 29.5 Å². The summed E-state index contributed by atoms with van der Waals surface area (Å²) in [7, 11) is 0.993. The van der Waals surface area contributed by atoms with Crippen LogP contribution in [0.2, 0.25) is 0 Å². The third-order valence-corrected chi connectivity index (χ3v) is 7.34. The highest BCUT2D eigenvalue weighted by Crippen LogP contribution is 2.57. The summed E-state index contributed by atoms with van der Waals surface area (Å²) in [5.41, 5.74) is -2.98. The van der Waals surface area contributed by atoms with Gasteiger partial charge in [-0.25, -0.2) is 18.7 Å². The molecular weight excluding hydrogens is 529 g/mol. The lowest BCUT2D eigenvalue weighted by Gasteiger charge is -2.37. The van der Waals surface area contributed by atoms with Gasteiger partial charge in [-0.15, -0.1) is 0 Å². The summed E-state index contributed by atoms with van der Waals surface area (Å²) < 4.78 is 79.3. The topological polar surface area (TPSA) is 93.1 Å². The van der Waals surface area contributed by atoms with Gasteiger partial charge < -0.3 is 9.84 Å². The average molecular weight is 550 g/mol. The molecule has 2 N–H and O–H groups in total. The maximum atomic E-state index is 15.7. The average Bonchev–Trinajstić information content (AvgIpc) is 3.63. The predicted molar refractivity (Wildman–Crippen MR) is 130 cm³/mol. The second-order valence-electron chi connectivity index (χ2n) is 8.57. The molecule has 0 spiro atoms. The van der Waals surface area contributed by atoms with E-state index >= 15 is 4.39 Å². The van der Waals surface area contributed by atoms with Crippen LogP contribution in [-0.2, 0) is 5.66 Å². The number of hydrogen-bond donors (Lipinski definition) is 2. The first-order valence-electron chi connectivity index (χ1n) is 11.2. The third kappa shape index (κ3) is 4.01. The number of nitrogens with zero attached hydrogens (tertiary/aromatic N) is 4. The number of methoxy groups -OCH3 is 1. The Bertz CT molecular complexity index is 1510. The zero-order valence-electron chi connectivity index (χ0n) is 19.9. The maximum Gasteiger partial charge on any atom is 0.422 e. The Morgan fingerprint density at radius 2 is 1.79 bits per heavy atom. The molecule has 198 valence electrons. The van der Waals surface area contributed by atoms with E-state index in [1.807, 2.05) is 0 Å². The van der Waals surface area contributed by atoms with E-state index in [4.69, 9.17) is 4.74 Å². The SMILES string of the molecule is COc1c(F)ccc(C2(C(O)(CSc3ncccn3)C(F)(F)F)NN2c2cccc3nc(C)ccc23)c1F. The van der Waals surface area contributed by atoms with E-state index in [0.717, 1.165) is 24.3 Å². The highest BCUT2D eigenvalue weighted by molar-refractivity contribution is 7.99. The second-order valence-corrected chi connectivity index (χ2v) is 9.52. The lowest BCUT2D eigenvalue weighted by molar-refractivity contribution is -0.265. The molecule has 2 aromatic heterocycles. The molecule has 4 aromatic rings. The Balaban J connectivity index is 1.73. The summed E-state index contributed by atoms with van der Waals surface area (Å²) in [6.45, 7) is 1.76. The van der Waals surface area contributed by atoms with Crippen LogP contribution in [0.1, 0.15) is 11.3 Å². The van der Waals surface area contributed by atoms with E-state index in [0.29, 0.717) is 28.4 Å². The number of benzene rings is 2. The normalized spacial score (nSPS) is 18.9. The predicted octanol–water partition coefficient (Wildman–Crippen LogP) is 4.88. The smallest absolute Gasteiger partial charge is 0.422 e. The summed E-state index contributed by atoms with van der Waals surface area (Å²) >= 11 is 0.539. The molecule has 2 atom stereocenters. The number of hydrazine groups is 1. The molecule has 0 bridgehead atoms. The van der Waals surface area contributed by atoms with Crippen LogP contribution in [0.3, 0.4) is 0 Å². The van der Waals surface area contributed by atoms with Gasteiger partial charge in [-0.3, -0.25) is 9.99 Å². The molecule has 5 rings (SSSR count). The van der Waals surface area contributed by atoms with Crippen LogP contribution >= 0.6 is 11.8 Å². The van der Waals surface area contributed by atoms with E-state index < -0.39 is 46.1 Å². The Hall–Kier alpha value is -3.55. The highest BCUT2D eigenvalue weighted by Gasteiger charge is 2.78. The molecule has 2 aromatic carbocycles. The highest BCUT2D eigenvalue weighted by atomic mass is 32.2. The Morgan fingerprint density at radius 3 is 2.47 bits per heavy atom. The number of nitrogens with one attached hydrogen (secondary N) is 1. The fraction of sp³-hybridized carbons (Fsp3) is 0.240. The molecule has 1 aliphatic rings. The molecule has 0 aliphatic carbocycles. The van der Waals surface area contributed by atoms with Crippen LogP contribution < -0.4 is 15.2 Å². The van der Waals surface area contributed by atoms with Crippen LogP contribution in [0.25, 0.3) is 10.9 Å². The van der Waals surface area contributed by atoms with E-state index in [2.05, 4.69) is 20.4 Å². The first kappa shape index (κ1) is 26.1. The van der Waals surface area contributed by atoms with Crippen molar-refractivity contribution < 1.29 is 31.8 Å². The number of aromatic nitrogens is 3. The maximum absolute atomic E-state index is 15.7. The van der Waals surface area contributed by atoms with Crippen molar-refractivity contribution in [3.63, 3.8) is 0 Å². The number of halogens is 5. The van der Waals surface area contributed by atoms with Gasteiger partial charge in [-0.2, -0.15) is 18.6 Å². The number of hydrogen-bond acceptors (Lipinski definition) is 8.